The molecule has 0 heterocycles. The Morgan fingerprint density at radius 1 is 1.56 bits per heavy atom. The first-order valence-corrected chi connectivity index (χ1v) is 4.67. The van der Waals surface area contributed by atoms with Gasteiger partial charge in [0.05, 0.1) is 4.92 Å². The Kier molecular flexibility index (Phi) is 3.44. The fourth-order valence-corrected chi connectivity index (χ4v) is 1.27. The van der Waals surface area contributed by atoms with Gasteiger partial charge in [-0.2, -0.15) is 0 Å². The predicted molar refractivity (Wildman–Crippen MR) is 58.6 cm³/mol. The van der Waals surface area contributed by atoms with Crippen LogP contribution in [0.25, 0.3) is 0 Å². The largest absolute Gasteiger partial charge is 0.480 e. The van der Waals surface area contributed by atoms with Gasteiger partial charge in [-0.3, -0.25) is 14.9 Å². The van der Waals surface area contributed by atoms with Crippen molar-refractivity contribution in [2.24, 2.45) is 0 Å². The Labute approximate surface area is 92.0 Å². The highest BCUT2D eigenvalue weighted by Gasteiger charge is 2.16. The van der Waals surface area contributed by atoms with Crippen LogP contribution in [0.3, 0.4) is 0 Å². The van der Waals surface area contributed by atoms with Gasteiger partial charge >= 0.3 is 5.97 Å². The lowest BCUT2D eigenvalue weighted by atomic mass is 10.1. The van der Waals surface area contributed by atoms with Crippen LogP contribution in [0.4, 0.5) is 11.4 Å². The van der Waals surface area contributed by atoms with Crippen molar-refractivity contribution in [3.63, 3.8) is 0 Å². The molecule has 0 aromatic heterocycles. The van der Waals surface area contributed by atoms with E-state index in [1.165, 1.54) is 19.1 Å². The summed E-state index contributed by atoms with van der Waals surface area (Å²) in [6.45, 7) is 3.05. The summed E-state index contributed by atoms with van der Waals surface area (Å²) in [5, 5.41) is 22.1. The molecule has 0 aliphatic rings. The van der Waals surface area contributed by atoms with Crippen molar-refractivity contribution < 1.29 is 14.8 Å². The fraction of sp³-hybridized carbons (Fsp3) is 0.300. The lowest BCUT2D eigenvalue weighted by molar-refractivity contribution is -0.385. The van der Waals surface area contributed by atoms with Crippen molar-refractivity contribution >= 4 is 17.3 Å². The van der Waals surface area contributed by atoms with Crippen molar-refractivity contribution in [1.82, 2.24) is 0 Å². The minimum Gasteiger partial charge on any atom is -0.480 e. The molecule has 6 heteroatoms. The van der Waals surface area contributed by atoms with E-state index in [9.17, 15) is 14.9 Å². The second-order valence-corrected chi connectivity index (χ2v) is 3.41. The van der Waals surface area contributed by atoms with Crippen LogP contribution in [0.2, 0.25) is 0 Å². The molecule has 0 amide bonds. The molecule has 0 saturated carbocycles. The molecule has 1 unspecified atom stereocenters. The molecule has 0 aliphatic heterocycles. The minimum absolute atomic E-state index is 0.0254. The maximum Gasteiger partial charge on any atom is 0.325 e. The number of carboxylic acid groups (broad SMARTS) is 1. The molecular weight excluding hydrogens is 212 g/mol. The van der Waals surface area contributed by atoms with Gasteiger partial charge in [0.15, 0.2) is 0 Å². The van der Waals surface area contributed by atoms with E-state index in [-0.39, 0.29) is 5.69 Å². The van der Waals surface area contributed by atoms with E-state index in [4.69, 9.17) is 5.11 Å². The van der Waals surface area contributed by atoms with Crippen molar-refractivity contribution in [2.45, 2.75) is 19.9 Å². The van der Waals surface area contributed by atoms with Crippen LogP contribution in [0.1, 0.15) is 12.5 Å². The van der Waals surface area contributed by atoms with Gasteiger partial charge in [0.25, 0.3) is 5.69 Å². The van der Waals surface area contributed by atoms with E-state index < -0.39 is 16.9 Å². The van der Waals surface area contributed by atoms with Crippen LogP contribution in [0, 0.1) is 17.0 Å². The van der Waals surface area contributed by atoms with Crippen LogP contribution >= 0.6 is 0 Å². The molecule has 0 bridgehead atoms. The summed E-state index contributed by atoms with van der Waals surface area (Å²) < 4.78 is 0. The van der Waals surface area contributed by atoms with Crippen molar-refractivity contribution in [3.05, 3.63) is 33.9 Å². The van der Waals surface area contributed by atoms with E-state index in [2.05, 4.69) is 5.32 Å². The van der Waals surface area contributed by atoms with Crippen molar-refractivity contribution in [3.8, 4) is 0 Å². The first-order chi connectivity index (χ1) is 7.43. The summed E-state index contributed by atoms with van der Waals surface area (Å²) >= 11 is 0. The maximum absolute atomic E-state index is 10.7. The normalized spacial score (nSPS) is 11.9. The summed E-state index contributed by atoms with van der Waals surface area (Å²) in [6, 6.07) is 3.72. The average Bonchev–Trinajstić information content (AvgIpc) is 2.20. The van der Waals surface area contributed by atoms with E-state index in [1.807, 2.05) is 0 Å². The van der Waals surface area contributed by atoms with E-state index in [0.29, 0.717) is 11.3 Å². The zero-order valence-corrected chi connectivity index (χ0v) is 8.93. The number of nitrogens with zero attached hydrogens (tertiary/aromatic N) is 1. The first kappa shape index (κ1) is 12.0. The molecule has 6 nitrogen and oxygen atoms in total. The maximum atomic E-state index is 10.7. The number of carboxylic acids is 1. The van der Waals surface area contributed by atoms with Crippen LogP contribution in [0.5, 0.6) is 0 Å². The van der Waals surface area contributed by atoms with Gasteiger partial charge < -0.3 is 10.4 Å². The van der Waals surface area contributed by atoms with Gasteiger partial charge in [0.2, 0.25) is 0 Å². The molecule has 1 aromatic carbocycles. The molecule has 0 aliphatic carbocycles. The molecule has 86 valence electrons. The molecule has 0 saturated heterocycles. The predicted octanol–water partition coefficient (Wildman–Crippen LogP) is 1.79. The number of hydrogen-bond acceptors (Lipinski definition) is 4. The second-order valence-electron chi connectivity index (χ2n) is 3.41. The number of hydrogen-bond donors (Lipinski definition) is 2. The Morgan fingerprint density at radius 2 is 2.19 bits per heavy atom. The molecule has 16 heavy (non-hydrogen) atoms. The topological polar surface area (TPSA) is 92.5 Å². The third kappa shape index (κ3) is 2.47. The van der Waals surface area contributed by atoms with Gasteiger partial charge in [-0.05, 0) is 19.9 Å². The average molecular weight is 224 g/mol. The zero-order valence-electron chi connectivity index (χ0n) is 8.93. The molecule has 2 N–H and O–H groups in total. The summed E-state index contributed by atoms with van der Waals surface area (Å²) in [5.41, 5.74) is 0.868. The summed E-state index contributed by atoms with van der Waals surface area (Å²) in [6.07, 6.45) is 0. The minimum atomic E-state index is -1.01. The summed E-state index contributed by atoms with van der Waals surface area (Å²) in [4.78, 5) is 20.8. The van der Waals surface area contributed by atoms with Crippen molar-refractivity contribution in [1.29, 1.82) is 0 Å². The highest BCUT2D eigenvalue weighted by Crippen LogP contribution is 2.25. The number of nitrogens with one attached hydrogen (secondary N) is 1. The lowest BCUT2D eigenvalue weighted by Crippen LogP contribution is -2.25. The smallest absolute Gasteiger partial charge is 0.325 e. The Morgan fingerprint density at radius 3 is 2.69 bits per heavy atom. The summed E-state index contributed by atoms with van der Waals surface area (Å²) in [5.74, 6) is -1.01. The van der Waals surface area contributed by atoms with Gasteiger partial charge in [0.1, 0.15) is 6.04 Å². The SMILES string of the molecule is Cc1c(NC(C)C(=O)O)cccc1[N+](=O)[O-]. The monoisotopic (exact) mass is 224 g/mol. The molecular formula is C10H12N2O4. The molecule has 0 radical (unpaired) electrons. The number of rotatable bonds is 4. The van der Waals surface area contributed by atoms with Gasteiger partial charge in [0, 0.05) is 17.3 Å². The molecule has 0 spiro atoms. The standard InChI is InChI=1S/C10H12N2O4/c1-6-8(11-7(2)10(13)14)4-3-5-9(6)12(15)16/h3-5,7,11H,1-2H3,(H,13,14). The highest BCUT2D eigenvalue weighted by atomic mass is 16.6. The van der Waals surface area contributed by atoms with Gasteiger partial charge in [-0.15, -0.1) is 0 Å². The fourth-order valence-electron chi connectivity index (χ4n) is 1.27. The van der Waals surface area contributed by atoms with Crippen molar-refractivity contribution in [2.75, 3.05) is 5.32 Å². The number of anilines is 1. The van der Waals surface area contributed by atoms with Gasteiger partial charge in [-0.1, -0.05) is 6.07 Å². The molecule has 1 aromatic rings. The number of nitro groups is 1. The molecule has 1 atom stereocenters. The first-order valence-electron chi connectivity index (χ1n) is 4.67. The quantitative estimate of drug-likeness (QED) is 0.600. The van der Waals surface area contributed by atoms with Crippen LogP contribution in [0.15, 0.2) is 18.2 Å². The zero-order chi connectivity index (χ0) is 12.3. The molecule has 0 fully saturated rings. The number of nitro benzene ring substituents is 1. The number of benzene rings is 1. The third-order valence-electron chi connectivity index (χ3n) is 2.24. The second kappa shape index (κ2) is 4.61. The number of carbonyl (C=O) groups is 1. The molecule has 1 rings (SSSR count). The van der Waals surface area contributed by atoms with Crippen LogP contribution < -0.4 is 5.32 Å². The van der Waals surface area contributed by atoms with Crippen LogP contribution in [-0.2, 0) is 4.79 Å². The van der Waals surface area contributed by atoms with Crippen LogP contribution in [-0.4, -0.2) is 22.0 Å². The Balaban J connectivity index is 3.02. The number of aliphatic carboxylic acids is 1. The Hall–Kier alpha value is -2.11. The van der Waals surface area contributed by atoms with E-state index in [1.54, 1.807) is 13.0 Å². The van der Waals surface area contributed by atoms with E-state index in [0.717, 1.165) is 0 Å². The highest BCUT2D eigenvalue weighted by molar-refractivity contribution is 5.77. The summed E-state index contributed by atoms with van der Waals surface area (Å²) in [7, 11) is 0. The lowest BCUT2D eigenvalue weighted by Gasteiger charge is -2.12. The third-order valence-corrected chi connectivity index (χ3v) is 2.24. The van der Waals surface area contributed by atoms with Gasteiger partial charge in [-0.25, -0.2) is 0 Å². The van der Waals surface area contributed by atoms with E-state index >= 15 is 0 Å². The Bertz CT molecular complexity index is 431.